The maximum Gasteiger partial charge on any atom is 0.187 e. The average Bonchev–Trinajstić information content (AvgIpc) is 2.77. The molecule has 2 heterocycles. The maximum atomic E-state index is 10.4. The predicted molar refractivity (Wildman–Crippen MR) is 106 cm³/mol. The third kappa shape index (κ3) is 4.79. The average molecular weight is 450 g/mol. The van der Waals surface area contributed by atoms with E-state index in [1.807, 2.05) is 0 Å². The zero-order valence-corrected chi connectivity index (χ0v) is 17.6. The number of hydrogen-bond acceptors (Lipinski definition) is 9. The van der Waals surface area contributed by atoms with Gasteiger partial charge in [-0.15, -0.1) is 0 Å². The van der Waals surface area contributed by atoms with E-state index in [0.29, 0.717) is 12.3 Å². The van der Waals surface area contributed by atoms with Gasteiger partial charge < -0.3 is 50.0 Å². The van der Waals surface area contributed by atoms with Crippen molar-refractivity contribution in [3.63, 3.8) is 0 Å². The van der Waals surface area contributed by atoms with Gasteiger partial charge >= 0.3 is 0 Å². The standard InChI is InChI=1S/C21H36O10/c22-8-15-17(26)18(27)19(28)21(31-15)30-14-7-9-3-1-2-4-13(9)29-20(14)10-5-11(23)16(25)12(24)6-10/h9-28H,1-8H2/p+1. The second-order valence-electron chi connectivity index (χ2n) is 9.72. The first kappa shape index (κ1) is 23.7. The Kier molecular flexibility index (Phi) is 7.54. The maximum absolute atomic E-state index is 10.4. The SMILES string of the molecule is OCC1OC(OC2CC3CCCCC3[OH+]C2C2CC(O)C(O)C(O)C2)C(O)C(O)C1O. The van der Waals surface area contributed by atoms with Crippen LogP contribution in [0, 0.1) is 11.8 Å². The zero-order valence-electron chi connectivity index (χ0n) is 17.6. The summed E-state index contributed by atoms with van der Waals surface area (Å²) in [5, 5.41) is 70.4. The summed E-state index contributed by atoms with van der Waals surface area (Å²) in [5.74, 6) is 0.107. The normalized spacial score (nSPS) is 53.7. The van der Waals surface area contributed by atoms with E-state index in [1.54, 1.807) is 0 Å². The summed E-state index contributed by atoms with van der Waals surface area (Å²) < 4.78 is 16.7. The molecule has 2 aliphatic heterocycles. The van der Waals surface area contributed by atoms with Crippen LogP contribution in [0.2, 0.25) is 0 Å². The molecule has 0 bridgehead atoms. The molecule has 0 aromatic carbocycles. The first-order chi connectivity index (χ1) is 14.8. The first-order valence-corrected chi connectivity index (χ1v) is 11.5. The van der Waals surface area contributed by atoms with Gasteiger partial charge in [-0.3, -0.25) is 0 Å². The highest BCUT2D eigenvalue weighted by Crippen LogP contribution is 2.41. The molecule has 4 aliphatic rings. The summed E-state index contributed by atoms with van der Waals surface area (Å²) in [6.07, 6.45) is -5.33. The molecule has 0 amide bonds. The molecule has 11 atom stereocenters. The van der Waals surface area contributed by atoms with Crippen molar-refractivity contribution in [2.75, 3.05) is 6.61 Å². The molecular weight excluding hydrogens is 412 g/mol. The Morgan fingerprint density at radius 2 is 1.45 bits per heavy atom. The van der Waals surface area contributed by atoms with Crippen molar-refractivity contribution in [3.05, 3.63) is 0 Å². The quantitative estimate of drug-likeness (QED) is 0.229. The third-order valence-corrected chi connectivity index (χ3v) is 7.67. The van der Waals surface area contributed by atoms with Crippen molar-refractivity contribution < 1.29 is 50.0 Å². The molecule has 0 aromatic heterocycles. The van der Waals surface area contributed by atoms with Crippen LogP contribution in [0.25, 0.3) is 0 Å². The summed E-state index contributed by atoms with van der Waals surface area (Å²) >= 11 is 0. The van der Waals surface area contributed by atoms with Crippen LogP contribution in [-0.2, 0) is 9.47 Å². The van der Waals surface area contributed by atoms with Gasteiger partial charge in [0, 0.05) is 18.3 Å². The number of fused-ring (bicyclic) bond motifs is 1. The minimum Gasteiger partial charge on any atom is -0.427 e. The van der Waals surface area contributed by atoms with Crippen molar-refractivity contribution in [1.29, 1.82) is 0 Å². The molecule has 10 nitrogen and oxygen atoms in total. The van der Waals surface area contributed by atoms with Crippen molar-refractivity contribution in [1.82, 2.24) is 0 Å². The van der Waals surface area contributed by atoms with Gasteiger partial charge in [0.1, 0.15) is 36.6 Å². The molecule has 2 saturated carbocycles. The number of ether oxygens (including phenoxy) is 3. The Balaban J connectivity index is 1.52. The van der Waals surface area contributed by atoms with Gasteiger partial charge in [0.25, 0.3) is 0 Å². The van der Waals surface area contributed by atoms with Gasteiger partial charge in [0.15, 0.2) is 18.5 Å². The molecule has 0 aromatic rings. The van der Waals surface area contributed by atoms with Crippen LogP contribution in [0.15, 0.2) is 0 Å². The summed E-state index contributed by atoms with van der Waals surface area (Å²) in [6, 6.07) is 0. The highest BCUT2D eigenvalue weighted by Gasteiger charge is 2.53. The van der Waals surface area contributed by atoms with Crippen LogP contribution in [-0.4, -0.2) is 114 Å². The van der Waals surface area contributed by atoms with Gasteiger partial charge in [-0.25, -0.2) is 0 Å². The number of rotatable bonds is 4. The fraction of sp³-hybridized carbons (Fsp3) is 1.00. The van der Waals surface area contributed by atoms with E-state index in [1.165, 1.54) is 0 Å². The second kappa shape index (κ2) is 9.84. The lowest BCUT2D eigenvalue weighted by atomic mass is 9.73. The molecule has 0 spiro atoms. The van der Waals surface area contributed by atoms with Crippen molar-refractivity contribution in [2.45, 2.75) is 112 Å². The molecule has 0 radical (unpaired) electrons. The topological polar surface area (TPSA) is 173 Å². The molecule has 10 heteroatoms. The van der Waals surface area contributed by atoms with E-state index < -0.39 is 61.7 Å². The lowest BCUT2D eigenvalue weighted by Gasteiger charge is -2.47. The van der Waals surface area contributed by atoms with Crippen LogP contribution in [0.5, 0.6) is 0 Å². The van der Waals surface area contributed by atoms with E-state index in [2.05, 4.69) is 0 Å². The molecule has 4 fully saturated rings. The predicted octanol–water partition coefficient (Wildman–Crippen LogP) is -2.48. The van der Waals surface area contributed by atoms with Crippen LogP contribution in [0.3, 0.4) is 0 Å². The van der Waals surface area contributed by atoms with Crippen molar-refractivity contribution >= 4 is 0 Å². The Labute approximate surface area is 181 Å². The van der Waals surface area contributed by atoms with Gasteiger partial charge in [0.05, 0.1) is 18.8 Å². The largest absolute Gasteiger partial charge is 0.427 e. The summed E-state index contributed by atoms with van der Waals surface area (Å²) in [6.45, 7) is -0.535. The van der Waals surface area contributed by atoms with Crippen LogP contribution in [0.4, 0.5) is 0 Å². The molecule has 11 unspecified atom stereocenters. The van der Waals surface area contributed by atoms with Crippen LogP contribution >= 0.6 is 0 Å². The third-order valence-electron chi connectivity index (χ3n) is 7.67. The smallest absolute Gasteiger partial charge is 0.187 e. The molecule has 31 heavy (non-hydrogen) atoms. The first-order valence-electron chi connectivity index (χ1n) is 11.5. The Hall–Kier alpha value is -0.400. The molecular formula is C21H37O10+. The highest BCUT2D eigenvalue weighted by molar-refractivity contribution is 4.97. The van der Waals surface area contributed by atoms with E-state index in [0.717, 1.165) is 25.7 Å². The van der Waals surface area contributed by atoms with E-state index in [4.69, 9.17) is 14.2 Å². The monoisotopic (exact) mass is 449 g/mol. The second-order valence-corrected chi connectivity index (χ2v) is 9.72. The molecule has 4 rings (SSSR count). The number of hydrogen-bond donors (Lipinski definition) is 7. The minimum absolute atomic E-state index is 0.175. The van der Waals surface area contributed by atoms with Gasteiger partial charge in [-0.05, 0) is 32.1 Å². The molecule has 2 aliphatic carbocycles. The fourth-order valence-electron chi connectivity index (χ4n) is 5.86. The Bertz CT molecular complexity index is 579. The lowest BCUT2D eigenvalue weighted by Crippen LogP contribution is -2.62. The fourth-order valence-corrected chi connectivity index (χ4v) is 5.86. The summed E-state index contributed by atoms with van der Waals surface area (Å²) in [7, 11) is 0. The molecule has 8 N–H and O–H groups in total. The van der Waals surface area contributed by atoms with Crippen LogP contribution < -0.4 is 0 Å². The summed E-state index contributed by atoms with van der Waals surface area (Å²) in [4.78, 5) is 0. The minimum atomic E-state index is -1.52. The van der Waals surface area contributed by atoms with Gasteiger partial charge in [-0.1, -0.05) is 6.42 Å². The van der Waals surface area contributed by atoms with E-state index in [9.17, 15) is 35.7 Å². The van der Waals surface area contributed by atoms with E-state index >= 15 is 0 Å². The summed E-state index contributed by atoms with van der Waals surface area (Å²) in [5.41, 5.74) is 0. The van der Waals surface area contributed by atoms with Gasteiger partial charge in [-0.2, -0.15) is 0 Å². The van der Waals surface area contributed by atoms with E-state index in [-0.39, 0.29) is 31.0 Å². The van der Waals surface area contributed by atoms with Crippen molar-refractivity contribution in [2.24, 2.45) is 11.8 Å². The lowest BCUT2D eigenvalue weighted by molar-refractivity contribution is -0.351. The van der Waals surface area contributed by atoms with Gasteiger partial charge in [0.2, 0.25) is 0 Å². The van der Waals surface area contributed by atoms with Crippen molar-refractivity contribution in [3.8, 4) is 0 Å². The number of aliphatic hydroxyl groups is 9. The Morgan fingerprint density at radius 3 is 2.13 bits per heavy atom. The Morgan fingerprint density at radius 1 is 0.774 bits per heavy atom. The molecule has 180 valence electrons. The zero-order chi connectivity index (χ0) is 22.3. The highest BCUT2D eigenvalue weighted by atomic mass is 16.7. The number of aliphatic hydroxyl groups excluding tert-OH is 7. The van der Waals surface area contributed by atoms with Crippen LogP contribution in [0.1, 0.15) is 44.9 Å². The molecule has 2 saturated heterocycles.